The quantitative estimate of drug-likeness (QED) is 0.712. The minimum absolute atomic E-state index is 0. The van der Waals surface area contributed by atoms with E-state index < -0.39 is 0 Å². The number of benzene rings is 1. The lowest BCUT2D eigenvalue weighted by molar-refractivity contribution is -0.141. The predicted molar refractivity (Wildman–Crippen MR) is 102 cm³/mol. The van der Waals surface area contributed by atoms with Gasteiger partial charge in [0.25, 0.3) is 0 Å². The zero-order chi connectivity index (χ0) is 18.4. The summed E-state index contributed by atoms with van der Waals surface area (Å²) in [4.78, 5) is 21.3. The first kappa shape index (κ1) is 16.0. The molecule has 3 aromatic rings. The van der Waals surface area contributed by atoms with E-state index in [-0.39, 0.29) is 19.9 Å². The van der Waals surface area contributed by atoms with Crippen LogP contribution < -0.4 is 5.32 Å². The van der Waals surface area contributed by atoms with Gasteiger partial charge in [0, 0.05) is 30.7 Å². The molecule has 3 heterocycles. The first-order valence-electron chi connectivity index (χ1n) is 9.08. The molecule has 2 aromatic heterocycles. The van der Waals surface area contributed by atoms with Crippen LogP contribution in [0.25, 0.3) is 11.4 Å². The van der Waals surface area contributed by atoms with Crippen molar-refractivity contribution in [2.45, 2.75) is 31.2 Å². The highest BCUT2D eigenvalue weighted by Crippen LogP contribution is 2.43. The highest BCUT2D eigenvalue weighted by atomic mass is 16.5. The summed E-state index contributed by atoms with van der Waals surface area (Å²) in [5, 5.41) is 8.12. The van der Waals surface area contributed by atoms with Gasteiger partial charge >= 0.3 is 5.97 Å². The highest BCUT2D eigenvalue weighted by Gasteiger charge is 2.34. The van der Waals surface area contributed by atoms with Crippen molar-refractivity contribution in [2.75, 3.05) is 12.4 Å². The fourth-order valence-corrected chi connectivity index (χ4v) is 3.48. The topological polar surface area (TPSA) is 81.9 Å². The first-order valence-corrected chi connectivity index (χ1v) is 9.08. The Labute approximate surface area is 157 Å². The molecule has 0 saturated heterocycles. The molecule has 1 atom stereocenters. The summed E-state index contributed by atoms with van der Waals surface area (Å²) in [6.07, 6.45) is 4.32. The number of ether oxygens (including phenoxy) is 1. The van der Waals surface area contributed by atoms with Crippen LogP contribution in [-0.2, 0) is 9.53 Å². The minimum Gasteiger partial charge on any atom is -0.469 e. The molecule has 1 saturated carbocycles. The zero-order valence-electron chi connectivity index (χ0n) is 14.9. The molecule has 2 aliphatic rings. The number of esters is 1. The van der Waals surface area contributed by atoms with Gasteiger partial charge in [0.15, 0.2) is 5.82 Å². The maximum atomic E-state index is 12.0. The van der Waals surface area contributed by atoms with Crippen molar-refractivity contribution in [3.8, 4) is 11.4 Å². The number of hydrogen-bond acceptors (Lipinski definition) is 6. The number of anilines is 2. The Balaban J connectivity index is 0.00000192. The molecule has 7 heteroatoms. The van der Waals surface area contributed by atoms with Crippen LogP contribution in [0.2, 0.25) is 0 Å². The summed E-state index contributed by atoms with van der Waals surface area (Å²) in [6.45, 7) is 0. The van der Waals surface area contributed by atoms with Crippen LogP contribution in [0, 0.1) is 0 Å². The number of fused-ring (bicyclic) bond motifs is 2. The monoisotopic (exact) mass is 363 g/mol. The summed E-state index contributed by atoms with van der Waals surface area (Å²) in [7, 11) is 1.40. The van der Waals surface area contributed by atoms with Crippen molar-refractivity contribution < 1.29 is 11.0 Å². The number of carbonyl (C=O) groups is 1. The van der Waals surface area contributed by atoms with Crippen molar-refractivity contribution in [3.05, 3.63) is 53.9 Å². The van der Waals surface area contributed by atoms with Gasteiger partial charge in [0.2, 0.25) is 0 Å². The lowest BCUT2D eigenvalue weighted by Crippen LogP contribution is -2.24. The van der Waals surface area contributed by atoms with Crippen LogP contribution in [-0.4, -0.2) is 32.8 Å². The van der Waals surface area contributed by atoms with Crippen LogP contribution >= 0.6 is 0 Å². The second kappa shape index (κ2) is 6.19. The highest BCUT2D eigenvalue weighted by molar-refractivity contribution is 5.73. The van der Waals surface area contributed by atoms with E-state index in [0.717, 1.165) is 22.6 Å². The van der Waals surface area contributed by atoms with Crippen molar-refractivity contribution in [3.63, 3.8) is 0 Å². The van der Waals surface area contributed by atoms with Crippen molar-refractivity contribution >= 4 is 17.6 Å². The molecule has 1 fully saturated rings. The van der Waals surface area contributed by atoms with Gasteiger partial charge in [-0.05, 0) is 12.8 Å². The van der Waals surface area contributed by atoms with Crippen molar-refractivity contribution in [2.24, 2.45) is 0 Å². The Kier molecular flexibility index (Phi) is 3.67. The Bertz CT molecular complexity index is 1020. The van der Waals surface area contributed by atoms with Crippen LogP contribution in [0.1, 0.15) is 43.9 Å². The van der Waals surface area contributed by atoms with Crippen LogP contribution in [0.5, 0.6) is 0 Å². The average Bonchev–Trinajstić information content (AvgIpc) is 3.47. The number of nitrogens with one attached hydrogen (secondary N) is 1. The molecular formula is C20H21N5O2. The van der Waals surface area contributed by atoms with Gasteiger partial charge in [0.05, 0.1) is 25.3 Å². The van der Waals surface area contributed by atoms with Gasteiger partial charge in [-0.15, -0.1) is 0 Å². The third kappa shape index (κ3) is 2.85. The molecule has 7 nitrogen and oxygen atoms in total. The maximum Gasteiger partial charge on any atom is 0.308 e. The second-order valence-corrected chi connectivity index (χ2v) is 6.96. The molecule has 1 aliphatic heterocycles. The molecule has 1 N–H and O–H groups in total. The Hall–Kier alpha value is -3.22. The number of rotatable bonds is 4. The maximum absolute atomic E-state index is 12.0. The van der Waals surface area contributed by atoms with E-state index in [1.807, 2.05) is 35.0 Å². The van der Waals surface area contributed by atoms with E-state index in [2.05, 4.69) is 16.4 Å². The standard InChI is InChI=1S/C20H19N5O2.H2/c1-27-18(26)10-16-14-11-21-19(13-5-3-2-4-6-13)23-20(14)22-17-9-15(12-7-8-12)24-25(16)17;/h2-6,9,11-12,16H,7-8,10H2,1H3,(H,21,22,23);1H. The Morgan fingerprint density at radius 3 is 2.89 bits per heavy atom. The minimum atomic E-state index is -0.283. The number of methoxy groups -OCH3 is 1. The Morgan fingerprint density at radius 1 is 1.33 bits per heavy atom. The van der Waals surface area contributed by atoms with Gasteiger partial charge in [-0.25, -0.2) is 14.6 Å². The molecule has 5 rings (SSSR count). The molecule has 1 aliphatic carbocycles. The molecule has 0 amide bonds. The van der Waals surface area contributed by atoms with E-state index in [1.165, 1.54) is 20.0 Å². The fraction of sp³-hybridized carbons (Fsp3) is 0.300. The summed E-state index contributed by atoms with van der Waals surface area (Å²) in [5.41, 5.74) is 2.86. The van der Waals surface area contributed by atoms with Crippen LogP contribution in [0.4, 0.5) is 11.6 Å². The first-order chi connectivity index (χ1) is 13.2. The molecule has 0 spiro atoms. The number of aromatic nitrogens is 4. The van der Waals surface area contributed by atoms with Crippen molar-refractivity contribution in [1.29, 1.82) is 0 Å². The molecule has 27 heavy (non-hydrogen) atoms. The van der Waals surface area contributed by atoms with E-state index in [4.69, 9.17) is 14.8 Å². The number of hydrogen-bond donors (Lipinski definition) is 1. The largest absolute Gasteiger partial charge is 0.469 e. The van der Waals surface area contributed by atoms with Gasteiger partial charge < -0.3 is 10.1 Å². The summed E-state index contributed by atoms with van der Waals surface area (Å²) in [5.74, 6) is 2.46. The molecule has 0 radical (unpaired) electrons. The van der Waals surface area contributed by atoms with Crippen LogP contribution in [0.15, 0.2) is 42.6 Å². The number of carbonyl (C=O) groups excluding carboxylic acids is 1. The van der Waals surface area contributed by atoms with Gasteiger partial charge in [-0.2, -0.15) is 5.10 Å². The Morgan fingerprint density at radius 2 is 2.15 bits per heavy atom. The normalized spacial score (nSPS) is 17.6. The summed E-state index contributed by atoms with van der Waals surface area (Å²) < 4.78 is 6.77. The predicted octanol–water partition coefficient (Wildman–Crippen LogP) is 3.67. The summed E-state index contributed by atoms with van der Waals surface area (Å²) >= 11 is 0. The zero-order valence-corrected chi connectivity index (χ0v) is 14.9. The average molecular weight is 363 g/mol. The third-order valence-corrected chi connectivity index (χ3v) is 5.09. The van der Waals surface area contributed by atoms with Gasteiger partial charge in [-0.3, -0.25) is 4.79 Å². The third-order valence-electron chi connectivity index (χ3n) is 5.09. The molecular weight excluding hydrogens is 342 g/mol. The smallest absolute Gasteiger partial charge is 0.308 e. The summed E-state index contributed by atoms with van der Waals surface area (Å²) in [6, 6.07) is 11.6. The molecule has 0 bridgehead atoms. The van der Waals surface area contributed by atoms with E-state index in [9.17, 15) is 4.79 Å². The molecule has 1 aromatic carbocycles. The fourth-order valence-electron chi connectivity index (χ4n) is 3.48. The molecule has 138 valence electrons. The van der Waals surface area contributed by atoms with E-state index in [0.29, 0.717) is 17.6 Å². The lowest BCUT2D eigenvalue weighted by Gasteiger charge is -2.26. The van der Waals surface area contributed by atoms with Gasteiger partial charge in [-0.1, -0.05) is 30.3 Å². The van der Waals surface area contributed by atoms with E-state index in [1.54, 1.807) is 6.20 Å². The van der Waals surface area contributed by atoms with Crippen molar-refractivity contribution in [1.82, 2.24) is 19.7 Å². The molecule has 1 unspecified atom stereocenters. The second-order valence-electron chi connectivity index (χ2n) is 6.96. The van der Waals surface area contributed by atoms with E-state index >= 15 is 0 Å². The van der Waals surface area contributed by atoms with Gasteiger partial charge in [0.1, 0.15) is 11.6 Å². The lowest BCUT2D eigenvalue weighted by atomic mass is 10.0. The number of nitrogens with zero attached hydrogens (tertiary/aromatic N) is 4. The SMILES string of the molecule is COC(=O)CC1c2cnc(-c3ccccc3)nc2Nc2cc(C3CC3)nn21.[HH]. The van der Waals surface area contributed by atoms with Crippen LogP contribution in [0.3, 0.4) is 0 Å².